The average molecular weight is 355 g/mol. The Morgan fingerprint density at radius 1 is 1.04 bits per heavy atom. The second kappa shape index (κ2) is 10.1. The van der Waals surface area contributed by atoms with Gasteiger partial charge in [0.1, 0.15) is 5.75 Å². The Balaban J connectivity index is 1.83. The van der Waals surface area contributed by atoms with Gasteiger partial charge in [0.2, 0.25) is 0 Å². The van der Waals surface area contributed by atoms with E-state index in [1.807, 2.05) is 55.5 Å². The summed E-state index contributed by atoms with van der Waals surface area (Å²) in [5.41, 5.74) is 2.07. The molecule has 1 N–H and O–H groups in total. The van der Waals surface area contributed by atoms with Gasteiger partial charge < -0.3 is 19.5 Å². The minimum absolute atomic E-state index is 0.0642. The van der Waals surface area contributed by atoms with Crippen molar-refractivity contribution in [2.75, 3.05) is 27.4 Å². The minimum Gasteiger partial charge on any atom is -0.496 e. The van der Waals surface area contributed by atoms with Crippen LogP contribution in [0.15, 0.2) is 48.5 Å². The predicted octanol–water partition coefficient (Wildman–Crippen LogP) is 3.47. The minimum atomic E-state index is -0.181. The number of allylic oxidation sites excluding steroid dienone is 1. The summed E-state index contributed by atoms with van der Waals surface area (Å²) < 4.78 is 16.2. The molecule has 0 radical (unpaired) electrons. The van der Waals surface area contributed by atoms with Gasteiger partial charge in [0.15, 0.2) is 18.1 Å². The van der Waals surface area contributed by atoms with Crippen LogP contribution in [0.4, 0.5) is 0 Å². The summed E-state index contributed by atoms with van der Waals surface area (Å²) in [4.78, 5) is 12.0. The number of ether oxygens (including phenoxy) is 3. The van der Waals surface area contributed by atoms with Crippen molar-refractivity contribution in [3.8, 4) is 17.2 Å². The highest BCUT2D eigenvalue weighted by Gasteiger charge is 2.08. The van der Waals surface area contributed by atoms with E-state index in [1.54, 1.807) is 20.3 Å². The first-order chi connectivity index (χ1) is 12.7. The van der Waals surface area contributed by atoms with Crippen LogP contribution in [-0.2, 0) is 11.2 Å². The van der Waals surface area contributed by atoms with Crippen molar-refractivity contribution in [2.45, 2.75) is 13.3 Å². The third kappa shape index (κ3) is 5.55. The van der Waals surface area contributed by atoms with Gasteiger partial charge in [-0.15, -0.1) is 0 Å². The molecule has 2 aromatic rings. The third-order valence-corrected chi connectivity index (χ3v) is 3.81. The molecular weight excluding hydrogens is 330 g/mol. The van der Waals surface area contributed by atoms with Crippen molar-refractivity contribution < 1.29 is 19.0 Å². The van der Waals surface area contributed by atoms with Crippen LogP contribution in [0.2, 0.25) is 0 Å². The molecule has 26 heavy (non-hydrogen) atoms. The molecule has 1 amide bonds. The standard InChI is InChI=1S/C21H25NO4/c1-4-7-16-10-11-19(20(14-16)25-3)26-15-21(23)22-13-12-17-8-5-6-9-18(17)24-2/h4-11,14H,12-13,15H2,1-3H3,(H,22,23)/b7-4+. The maximum absolute atomic E-state index is 12.0. The van der Waals surface area contributed by atoms with Crippen LogP contribution in [-0.4, -0.2) is 33.3 Å². The summed E-state index contributed by atoms with van der Waals surface area (Å²) in [7, 11) is 3.22. The Labute approximate surface area is 154 Å². The van der Waals surface area contributed by atoms with Gasteiger partial charge in [-0.05, 0) is 42.7 Å². The lowest BCUT2D eigenvalue weighted by molar-refractivity contribution is -0.123. The zero-order chi connectivity index (χ0) is 18.8. The lowest BCUT2D eigenvalue weighted by atomic mass is 10.1. The van der Waals surface area contributed by atoms with Crippen molar-refractivity contribution in [1.82, 2.24) is 5.32 Å². The van der Waals surface area contributed by atoms with E-state index in [0.29, 0.717) is 24.5 Å². The van der Waals surface area contributed by atoms with Crippen molar-refractivity contribution in [2.24, 2.45) is 0 Å². The number of rotatable bonds is 9. The number of nitrogens with one attached hydrogen (secondary N) is 1. The number of carbonyl (C=O) groups excluding carboxylic acids is 1. The number of hydrogen-bond donors (Lipinski definition) is 1. The number of amides is 1. The largest absolute Gasteiger partial charge is 0.496 e. The van der Waals surface area contributed by atoms with E-state index in [0.717, 1.165) is 16.9 Å². The van der Waals surface area contributed by atoms with E-state index >= 15 is 0 Å². The lowest BCUT2D eigenvalue weighted by Crippen LogP contribution is -2.30. The second-order valence-corrected chi connectivity index (χ2v) is 5.61. The fourth-order valence-electron chi connectivity index (χ4n) is 2.54. The van der Waals surface area contributed by atoms with Crippen molar-refractivity contribution in [3.05, 3.63) is 59.7 Å². The zero-order valence-electron chi connectivity index (χ0n) is 15.5. The molecule has 0 unspecified atom stereocenters. The Morgan fingerprint density at radius 2 is 1.81 bits per heavy atom. The number of hydrogen-bond acceptors (Lipinski definition) is 4. The van der Waals surface area contributed by atoms with Crippen LogP contribution in [0.5, 0.6) is 17.2 Å². The summed E-state index contributed by atoms with van der Waals surface area (Å²) in [6.07, 6.45) is 4.61. The average Bonchev–Trinajstić information content (AvgIpc) is 2.67. The van der Waals surface area contributed by atoms with Crippen LogP contribution >= 0.6 is 0 Å². The lowest BCUT2D eigenvalue weighted by Gasteiger charge is -2.12. The van der Waals surface area contributed by atoms with Crippen LogP contribution in [0, 0.1) is 0 Å². The molecule has 138 valence electrons. The first kappa shape index (κ1) is 19.4. The van der Waals surface area contributed by atoms with Crippen LogP contribution in [0.3, 0.4) is 0 Å². The Hall–Kier alpha value is -2.95. The molecular formula is C21H25NO4. The monoisotopic (exact) mass is 355 g/mol. The summed E-state index contributed by atoms with van der Waals surface area (Å²) in [5, 5.41) is 2.85. The molecule has 0 fully saturated rings. The molecule has 5 nitrogen and oxygen atoms in total. The van der Waals surface area contributed by atoms with E-state index in [9.17, 15) is 4.79 Å². The van der Waals surface area contributed by atoms with E-state index in [-0.39, 0.29) is 12.5 Å². The zero-order valence-corrected chi connectivity index (χ0v) is 15.5. The maximum atomic E-state index is 12.0. The quantitative estimate of drug-likeness (QED) is 0.748. The van der Waals surface area contributed by atoms with Crippen LogP contribution in [0.1, 0.15) is 18.1 Å². The highest BCUT2D eigenvalue weighted by atomic mass is 16.5. The highest BCUT2D eigenvalue weighted by Crippen LogP contribution is 2.28. The number of benzene rings is 2. The molecule has 5 heteroatoms. The SMILES string of the molecule is C/C=C/c1ccc(OCC(=O)NCCc2ccccc2OC)c(OC)c1. The molecule has 2 aromatic carbocycles. The van der Waals surface area contributed by atoms with Gasteiger partial charge in [-0.3, -0.25) is 4.79 Å². The summed E-state index contributed by atoms with van der Waals surface area (Å²) in [5.74, 6) is 1.78. The Kier molecular flexibility index (Phi) is 7.55. The molecule has 0 spiro atoms. The molecule has 0 atom stereocenters. The number of para-hydroxylation sites is 1. The van der Waals surface area contributed by atoms with Crippen molar-refractivity contribution >= 4 is 12.0 Å². The molecule has 2 rings (SSSR count). The van der Waals surface area contributed by atoms with Crippen LogP contribution < -0.4 is 19.5 Å². The van der Waals surface area contributed by atoms with Gasteiger partial charge >= 0.3 is 0 Å². The van der Waals surface area contributed by atoms with E-state index < -0.39 is 0 Å². The molecule has 0 aliphatic heterocycles. The number of methoxy groups -OCH3 is 2. The topological polar surface area (TPSA) is 56.8 Å². The maximum Gasteiger partial charge on any atom is 0.257 e. The summed E-state index contributed by atoms with van der Waals surface area (Å²) >= 11 is 0. The van der Waals surface area contributed by atoms with Crippen molar-refractivity contribution in [3.63, 3.8) is 0 Å². The smallest absolute Gasteiger partial charge is 0.257 e. The molecule has 0 saturated carbocycles. The Bertz CT molecular complexity index is 755. The number of carbonyl (C=O) groups is 1. The normalized spacial score (nSPS) is 10.6. The van der Waals surface area contributed by atoms with E-state index in [1.165, 1.54) is 0 Å². The predicted molar refractivity (Wildman–Crippen MR) is 103 cm³/mol. The molecule has 0 aliphatic carbocycles. The molecule has 0 aliphatic rings. The van der Waals surface area contributed by atoms with Crippen LogP contribution in [0.25, 0.3) is 6.08 Å². The summed E-state index contributed by atoms with van der Waals surface area (Å²) in [6, 6.07) is 13.3. The third-order valence-electron chi connectivity index (χ3n) is 3.81. The van der Waals surface area contributed by atoms with Gasteiger partial charge in [-0.1, -0.05) is 36.4 Å². The Morgan fingerprint density at radius 3 is 2.54 bits per heavy atom. The first-order valence-corrected chi connectivity index (χ1v) is 8.50. The molecule has 0 heterocycles. The van der Waals surface area contributed by atoms with E-state index in [4.69, 9.17) is 14.2 Å². The fourth-order valence-corrected chi connectivity index (χ4v) is 2.54. The second-order valence-electron chi connectivity index (χ2n) is 5.61. The van der Waals surface area contributed by atoms with Gasteiger partial charge in [-0.25, -0.2) is 0 Å². The first-order valence-electron chi connectivity index (χ1n) is 8.50. The van der Waals surface area contributed by atoms with Crippen molar-refractivity contribution in [1.29, 1.82) is 0 Å². The van der Waals surface area contributed by atoms with Gasteiger partial charge in [0.05, 0.1) is 14.2 Å². The fraction of sp³-hybridized carbons (Fsp3) is 0.286. The molecule has 0 saturated heterocycles. The van der Waals surface area contributed by atoms with Gasteiger partial charge in [0.25, 0.3) is 5.91 Å². The van der Waals surface area contributed by atoms with E-state index in [2.05, 4.69) is 5.32 Å². The molecule has 0 bridgehead atoms. The highest BCUT2D eigenvalue weighted by molar-refractivity contribution is 5.77. The molecule has 0 aromatic heterocycles. The van der Waals surface area contributed by atoms with Gasteiger partial charge in [0, 0.05) is 6.54 Å². The summed E-state index contributed by atoms with van der Waals surface area (Å²) in [6.45, 7) is 2.40. The van der Waals surface area contributed by atoms with Gasteiger partial charge in [-0.2, -0.15) is 0 Å².